The highest BCUT2D eigenvalue weighted by atomic mass is 16.7. The minimum Gasteiger partial charge on any atom is -0.497 e. The van der Waals surface area contributed by atoms with Crippen molar-refractivity contribution in [3.05, 3.63) is 41.7 Å². The summed E-state index contributed by atoms with van der Waals surface area (Å²) in [4.78, 5) is 14.8. The van der Waals surface area contributed by atoms with Crippen LogP contribution in [-0.2, 0) is 14.3 Å². The molecule has 1 aromatic rings. The first-order valence-corrected chi connectivity index (χ1v) is 10.2. The average Bonchev–Trinajstić information content (AvgIpc) is 3.27. The minimum atomic E-state index is -0.504. The van der Waals surface area contributed by atoms with E-state index in [0.29, 0.717) is 18.8 Å². The van der Waals surface area contributed by atoms with Gasteiger partial charge in [-0.2, -0.15) is 0 Å². The van der Waals surface area contributed by atoms with Crippen molar-refractivity contribution in [2.24, 2.45) is 5.92 Å². The molecule has 0 bridgehead atoms. The van der Waals surface area contributed by atoms with Crippen LogP contribution in [0.25, 0.3) is 0 Å². The number of aliphatic hydroxyl groups is 1. The molecule has 2 heterocycles. The Labute approximate surface area is 167 Å². The Morgan fingerprint density at radius 3 is 2.57 bits per heavy atom. The summed E-state index contributed by atoms with van der Waals surface area (Å²) in [5, 5.41) is 9.35. The zero-order valence-corrected chi connectivity index (χ0v) is 16.8. The van der Waals surface area contributed by atoms with Gasteiger partial charge in [-0.1, -0.05) is 12.1 Å². The van der Waals surface area contributed by atoms with Crippen molar-refractivity contribution in [2.75, 3.05) is 33.4 Å². The normalized spacial score (nSPS) is 24.6. The molecule has 2 aliphatic rings. The Balaban J connectivity index is 1.93. The fourth-order valence-corrected chi connectivity index (χ4v) is 4.04. The third kappa shape index (κ3) is 4.67. The maximum absolute atomic E-state index is 13.0. The van der Waals surface area contributed by atoms with E-state index in [1.54, 1.807) is 7.11 Å². The fourth-order valence-electron chi connectivity index (χ4n) is 4.04. The highest BCUT2D eigenvalue weighted by Crippen LogP contribution is 2.40. The molecule has 0 unspecified atom stereocenters. The molecule has 0 aromatic heterocycles. The van der Waals surface area contributed by atoms with Crippen LogP contribution < -0.4 is 4.74 Å². The van der Waals surface area contributed by atoms with Crippen molar-refractivity contribution in [2.45, 2.75) is 44.8 Å². The fraction of sp³-hybridized carbons (Fsp3) is 0.591. The number of nitrogens with zero attached hydrogens (tertiary/aromatic N) is 1. The highest BCUT2D eigenvalue weighted by molar-refractivity contribution is 5.92. The first kappa shape index (κ1) is 20.7. The number of aliphatic hydroxyl groups excluding tert-OH is 1. The first-order chi connectivity index (χ1) is 13.7. The SMILES string of the molecule is CCO[C@@H]1OC(C(=O)N2CCCC2)=C[C@H](c2ccc(OC)cc2)[C@H]1CCCO. The quantitative estimate of drug-likeness (QED) is 0.740. The van der Waals surface area contributed by atoms with E-state index >= 15 is 0 Å². The van der Waals surface area contributed by atoms with Crippen molar-refractivity contribution in [3.8, 4) is 5.75 Å². The first-order valence-electron chi connectivity index (χ1n) is 10.2. The molecule has 2 aliphatic heterocycles. The van der Waals surface area contributed by atoms with Crippen LogP contribution in [-0.4, -0.2) is 55.6 Å². The number of carbonyl (C=O) groups is 1. The Bertz CT molecular complexity index is 666. The van der Waals surface area contributed by atoms with Gasteiger partial charge in [-0.3, -0.25) is 4.79 Å². The molecular formula is C22H31NO5. The number of hydrogen-bond donors (Lipinski definition) is 1. The molecule has 3 atom stereocenters. The van der Waals surface area contributed by atoms with Gasteiger partial charge in [0.05, 0.1) is 7.11 Å². The number of allylic oxidation sites excluding steroid dienone is 1. The summed E-state index contributed by atoms with van der Waals surface area (Å²) in [5.74, 6) is 1.11. The Hall–Kier alpha value is -2.05. The van der Waals surface area contributed by atoms with Gasteiger partial charge >= 0.3 is 0 Å². The molecule has 0 aliphatic carbocycles. The summed E-state index contributed by atoms with van der Waals surface area (Å²) < 4.78 is 17.2. The molecule has 1 saturated heterocycles. The molecule has 154 valence electrons. The Kier molecular flexibility index (Phi) is 7.34. The van der Waals surface area contributed by atoms with Crippen LogP contribution in [0.3, 0.4) is 0 Å². The standard InChI is InChI=1S/C22H31NO5/c1-3-27-22-18(7-6-14-24)19(16-8-10-17(26-2)11-9-16)15-20(28-22)21(25)23-12-4-5-13-23/h8-11,15,18-19,22,24H,3-7,12-14H2,1-2H3/t18-,19-,22-/m1/s1. The van der Waals surface area contributed by atoms with E-state index in [4.69, 9.17) is 14.2 Å². The lowest BCUT2D eigenvalue weighted by molar-refractivity contribution is -0.170. The summed E-state index contributed by atoms with van der Waals surface area (Å²) in [6.07, 6.45) is 4.92. The molecule has 0 radical (unpaired) electrons. The minimum absolute atomic E-state index is 0.0237. The molecule has 6 nitrogen and oxygen atoms in total. The number of ether oxygens (including phenoxy) is 3. The van der Waals surface area contributed by atoms with Crippen LogP contribution in [0.1, 0.15) is 44.1 Å². The topological polar surface area (TPSA) is 68.2 Å². The van der Waals surface area contributed by atoms with E-state index in [-0.39, 0.29) is 24.3 Å². The van der Waals surface area contributed by atoms with E-state index < -0.39 is 6.29 Å². The van der Waals surface area contributed by atoms with Gasteiger partial charge in [-0.25, -0.2) is 0 Å². The van der Waals surface area contributed by atoms with Gasteiger partial charge in [0.1, 0.15) is 5.75 Å². The maximum Gasteiger partial charge on any atom is 0.288 e. The number of likely N-dealkylation sites (tertiary alicyclic amines) is 1. The van der Waals surface area contributed by atoms with Gasteiger partial charge in [0, 0.05) is 38.1 Å². The number of carbonyl (C=O) groups excluding carboxylic acids is 1. The predicted molar refractivity (Wildman–Crippen MR) is 106 cm³/mol. The molecule has 1 amide bonds. The van der Waals surface area contributed by atoms with Gasteiger partial charge in [-0.15, -0.1) is 0 Å². The molecule has 1 fully saturated rings. The number of benzene rings is 1. The van der Waals surface area contributed by atoms with Crippen molar-refractivity contribution < 1.29 is 24.1 Å². The molecular weight excluding hydrogens is 358 g/mol. The van der Waals surface area contributed by atoms with Crippen LogP contribution in [0, 0.1) is 5.92 Å². The zero-order chi connectivity index (χ0) is 19.9. The lowest BCUT2D eigenvalue weighted by atomic mass is 9.80. The number of amides is 1. The number of methoxy groups -OCH3 is 1. The molecule has 0 spiro atoms. The number of rotatable bonds is 8. The Morgan fingerprint density at radius 1 is 1.25 bits per heavy atom. The van der Waals surface area contributed by atoms with Gasteiger partial charge in [0.2, 0.25) is 6.29 Å². The van der Waals surface area contributed by atoms with Crippen molar-refractivity contribution >= 4 is 5.91 Å². The second-order valence-electron chi connectivity index (χ2n) is 7.30. The maximum atomic E-state index is 13.0. The molecule has 0 saturated carbocycles. The molecule has 28 heavy (non-hydrogen) atoms. The molecule has 6 heteroatoms. The summed E-state index contributed by atoms with van der Waals surface area (Å²) in [5.41, 5.74) is 1.09. The smallest absolute Gasteiger partial charge is 0.288 e. The summed E-state index contributed by atoms with van der Waals surface area (Å²) in [6, 6.07) is 7.91. The third-order valence-corrected chi connectivity index (χ3v) is 5.52. The second-order valence-corrected chi connectivity index (χ2v) is 7.30. The van der Waals surface area contributed by atoms with E-state index in [1.165, 1.54) is 0 Å². The largest absolute Gasteiger partial charge is 0.497 e. The van der Waals surface area contributed by atoms with Crippen molar-refractivity contribution in [1.82, 2.24) is 4.90 Å². The summed E-state index contributed by atoms with van der Waals surface area (Å²) >= 11 is 0. The second kappa shape index (κ2) is 9.94. The molecule has 3 rings (SSSR count). The molecule has 1 N–H and O–H groups in total. The van der Waals surface area contributed by atoms with E-state index in [9.17, 15) is 9.90 Å². The third-order valence-electron chi connectivity index (χ3n) is 5.52. The van der Waals surface area contributed by atoms with Crippen LogP contribution in [0.15, 0.2) is 36.1 Å². The van der Waals surface area contributed by atoms with Gasteiger partial charge < -0.3 is 24.2 Å². The van der Waals surface area contributed by atoms with E-state index in [0.717, 1.165) is 43.7 Å². The lowest BCUT2D eigenvalue weighted by Gasteiger charge is -2.37. The zero-order valence-electron chi connectivity index (χ0n) is 16.8. The van der Waals surface area contributed by atoms with Crippen LogP contribution in [0.2, 0.25) is 0 Å². The van der Waals surface area contributed by atoms with E-state index in [2.05, 4.69) is 0 Å². The average molecular weight is 389 g/mol. The van der Waals surface area contributed by atoms with Crippen molar-refractivity contribution in [3.63, 3.8) is 0 Å². The van der Waals surface area contributed by atoms with E-state index in [1.807, 2.05) is 42.2 Å². The lowest BCUT2D eigenvalue weighted by Crippen LogP contribution is -2.39. The van der Waals surface area contributed by atoms with Crippen LogP contribution >= 0.6 is 0 Å². The highest BCUT2D eigenvalue weighted by Gasteiger charge is 2.39. The Morgan fingerprint density at radius 2 is 1.96 bits per heavy atom. The van der Waals surface area contributed by atoms with Gasteiger partial charge in [-0.05, 0) is 56.4 Å². The van der Waals surface area contributed by atoms with Gasteiger partial charge in [0.15, 0.2) is 5.76 Å². The summed E-state index contributed by atoms with van der Waals surface area (Å²) in [6.45, 7) is 4.10. The van der Waals surface area contributed by atoms with Crippen molar-refractivity contribution in [1.29, 1.82) is 0 Å². The summed E-state index contributed by atoms with van der Waals surface area (Å²) in [7, 11) is 1.64. The predicted octanol–water partition coefficient (Wildman–Crippen LogP) is 3.07. The van der Waals surface area contributed by atoms with Crippen LogP contribution in [0.5, 0.6) is 5.75 Å². The van der Waals surface area contributed by atoms with Gasteiger partial charge in [0.25, 0.3) is 5.91 Å². The monoisotopic (exact) mass is 389 g/mol. The molecule has 1 aromatic carbocycles. The van der Waals surface area contributed by atoms with Crippen LogP contribution in [0.4, 0.5) is 0 Å². The number of hydrogen-bond acceptors (Lipinski definition) is 5.